The van der Waals surface area contributed by atoms with Crippen LogP contribution in [0.1, 0.15) is 12.5 Å². The molecular weight excluding hydrogens is 176 g/mol. The Hall–Kier alpha value is -1.22. The molecule has 0 amide bonds. The number of anilines is 1. The molecule has 1 atom stereocenters. The van der Waals surface area contributed by atoms with Crippen LogP contribution in [0.5, 0.6) is 5.75 Å². The van der Waals surface area contributed by atoms with Crippen LogP contribution in [0.15, 0.2) is 18.2 Å². The van der Waals surface area contributed by atoms with Gasteiger partial charge in [0.15, 0.2) is 0 Å². The van der Waals surface area contributed by atoms with Gasteiger partial charge < -0.3 is 15.4 Å². The lowest BCUT2D eigenvalue weighted by Crippen LogP contribution is -2.29. The van der Waals surface area contributed by atoms with Crippen molar-refractivity contribution in [3.63, 3.8) is 0 Å². The molecule has 3 heteroatoms. The molecule has 1 unspecified atom stereocenters. The van der Waals surface area contributed by atoms with E-state index < -0.39 is 0 Å². The van der Waals surface area contributed by atoms with Crippen LogP contribution in [0.25, 0.3) is 0 Å². The van der Waals surface area contributed by atoms with Gasteiger partial charge in [0.1, 0.15) is 5.75 Å². The molecule has 0 aliphatic carbocycles. The molecule has 0 spiro atoms. The van der Waals surface area contributed by atoms with E-state index in [0.717, 1.165) is 18.8 Å². The third-order valence-corrected chi connectivity index (χ3v) is 2.56. The molecule has 1 aliphatic rings. The second kappa shape index (κ2) is 3.88. The highest BCUT2D eigenvalue weighted by molar-refractivity contribution is 5.55. The lowest BCUT2D eigenvalue weighted by atomic mass is 10.1. The second-order valence-corrected chi connectivity index (χ2v) is 3.69. The van der Waals surface area contributed by atoms with E-state index in [2.05, 4.69) is 29.7 Å². The van der Waals surface area contributed by atoms with Crippen LogP contribution in [0.4, 0.5) is 5.69 Å². The smallest absolute Gasteiger partial charge is 0.120 e. The van der Waals surface area contributed by atoms with Gasteiger partial charge in [0.05, 0.1) is 7.11 Å². The minimum absolute atomic E-state index is 0.508. The van der Waals surface area contributed by atoms with Gasteiger partial charge in [-0.25, -0.2) is 0 Å². The predicted molar refractivity (Wildman–Crippen MR) is 57.8 cm³/mol. The number of nitrogens with one attached hydrogen (secondary N) is 2. The molecule has 1 aromatic carbocycles. The highest BCUT2D eigenvalue weighted by Gasteiger charge is 2.11. The third-order valence-electron chi connectivity index (χ3n) is 2.56. The van der Waals surface area contributed by atoms with Crippen molar-refractivity contribution in [1.82, 2.24) is 5.32 Å². The largest absolute Gasteiger partial charge is 0.497 e. The zero-order valence-electron chi connectivity index (χ0n) is 8.63. The lowest BCUT2D eigenvalue weighted by Gasteiger charge is -2.09. The molecule has 0 saturated carbocycles. The molecule has 3 nitrogen and oxygen atoms in total. The number of fused-ring (bicyclic) bond motifs is 1. The highest BCUT2D eigenvalue weighted by atomic mass is 16.5. The second-order valence-electron chi connectivity index (χ2n) is 3.69. The van der Waals surface area contributed by atoms with E-state index >= 15 is 0 Å². The average Bonchev–Trinajstić information content (AvgIpc) is 2.40. The molecule has 1 heterocycles. The van der Waals surface area contributed by atoms with Crippen molar-refractivity contribution in [2.75, 3.05) is 19.0 Å². The van der Waals surface area contributed by atoms with Crippen LogP contribution in [-0.2, 0) is 6.54 Å². The standard InChI is InChI=1S/C11H16N2O/c1-8-6-13-11-5-10(14-2)4-3-9(11)7-12-8/h3-5,8,12-13H,6-7H2,1-2H3. The molecule has 76 valence electrons. The van der Waals surface area contributed by atoms with Crippen LogP contribution < -0.4 is 15.4 Å². The summed E-state index contributed by atoms with van der Waals surface area (Å²) in [6, 6.07) is 6.66. The van der Waals surface area contributed by atoms with Crippen molar-refractivity contribution in [1.29, 1.82) is 0 Å². The summed E-state index contributed by atoms with van der Waals surface area (Å²) in [5.74, 6) is 0.908. The summed E-state index contributed by atoms with van der Waals surface area (Å²) in [5.41, 5.74) is 2.48. The van der Waals surface area contributed by atoms with Gasteiger partial charge in [0.2, 0.25) is 0 Å². The number of methoxy groups -OCH3 is 1. The fourth-order valence-electron chi connectivity index (χ4n) is 1.62. The first-order valence-corrected chi connectivity index (χ1v) is 4.94. The Morgan fingerprint density at radius 3 is 3.07 bits per heavy atom. The maximum atomic E-state index is 5.19. The van der Waals surface area contributed by atoms with Gasteiger partial charge in [-0.1, -0.05) is 6.07 Å². The van der Waals surface area contributed by atoms with Crippen molar-refractivity contribution < 1.29 is 4.74 Å². The minimum Gasteiger partial charge on any atom is -0.497 e. The molecule has 2 rings (SSSR count). The van der Waals surface area contributed by atoms with Gasteiger partial charge in [-0.2, -0.15) is 0 Å². The Labute approximate surface area is 84.5 Å². The number of hydrogen-bond acceptors (Lipinski definition) is 3. The van der Waals surface area contributed by atoms with E-state index in [1.54, 1.807) is 7.11 Å². The summed E-state index contributed by atoms with van der Waals surface area (Å²) in [7, 11) is 1.69. The molecule has 1 aromatic rings. The van der Waals surface area contributed by atoms with Crippen molar-refractivity contribution >= 4 is 5.69 Å². The van der Waals surface area contributed by atoms with E-state index in [4.69, 9.17) is 4.74 Å². The Balaban J connectivity index is 2.27. The third kappa shape index (κ3) is 1.82. The van der Waals surface area contributed by atoms with E-state index in [0.29, 0.717) is 6.04 Å². The number of rotatable bonds is 1. The topological polar surface area (TPSA) is 33.3 Å². The lowest BCUT2D eigenvalue weighted by molar-refractivity contribution is 0.415. The summed E-state index contributed by atoms with van der Waals surface area (Å²) in [6.45, 7) is 4.06. The van der Waals surface area contributed by atoms with Crippen LogP contribution in [0.2, 0.25) is 0 Å². The fourth-order valence-corrected chi connectivity index (χ4v) is 1.62. The molecule has 0 fully saturated rings. The Bertz CT molecular complexity index is 325. The number of benzene rings is 1. The van der Waals surface area contributed by atoms with Gasteiger partial charge >= 0.3 is 0 Å². The van der Waals surface area contributed by atoms with Gasteiger partial charge in [0, 0.05) is 30.9 Å². The van der Waals surface area contributed by atoms with Crippen molar-refractivity contribution in [3.8, 4) is 5.75 Å². The highest BCUT2D eigenvalue weighted by Crippen LogP contribution is 2.23. The maximum absolute atomic E-state index is 5.19. The van der Waals surface area contributed by atoms with Crippen molar-refractivity contribution in [2.24, 2.45) is 0 Å². The fraction of sp³-hybridized carbons (Fsp3) is 0.455. The zero-order chi connectivity index (χ0) is 9.97. The van der Waals surface area contributed by atoms with E-state index in [9.17, 15) is 0 Å². The van der Waals surface area contributed by atoms with Crippen molar-refractivity contribution in [2.45, 2.75) is 19.5 Å². The molecular formula is C11H16N2O. The van der Waals surface area contributed by atoms with Gasteiger partial charge in [-0.3, -0.25) is 0 Å². The first-order chi connectivity index (χ1) is 6.79. The molecule has 0 bridgehead atoms. The van der Waals surface area contributed by atoms with E-state index in [-0.39, 0.29) is 0 Å². The minimum atomic E-state index is 0.508. The Morgan fingerprint density at radius 2 is 2.29 bits per heavy atom. The van der Waals surface area contributed by atoms with Crippen LogP contribution in [-0.4, -0.2) is 19.7 Å². The summed E-state index contributed by atoms with van der Waals surface area (Å²) in [6.07, 6.45) is 0. The van der Waals surface area contributed by atoms with Crippen LogP contribution in [0, 0.1) is 0 Å². The maximum Gasteiger partial charge on any atom is 0.120 e. The number of hydrogen-bond donors (Lipinski definition) is 2. The van der Waals surface area contributed by atoms with Gasteiger partial charge in [-0.15, -0.1) is 0 Å². The Morgan fingerprint density at radius 1 is 1.43 bits per heavy atom. The summed E-state index contributed by atoms with van der Waals surface area (Å²) >= 11 is 0. The molecule has 1 aliphatic heterocycles. The van der Waals surface area contributed by atoms with Gasteiger partial charge in [0.25, 0.3) is 0 Å². The molecule has 0 radical (unpaired) electrons. The monoisotopic (exact) mass is 192 g/mol. The number of ether oxygens (including phenoxy) is 1. The van der Waals surface area contributed by atoms with E-state index in [1.807, 2.05) is 6.07 Å². The molecule has 0 saturated heterocycles. The molecule has 14 heavy (non-hydrogen) atoms. The van der Waals surface area contributed by atoms with Gasteiger partial charge in [-0.05, 0) is 18.6 Å². The quantitative estimate of drug-likeness (QED) is 0.709. The normalized spacial score (nSPS) is 20.6. The van der Waals surface area contributed by atoms with E-state index in [1.165, 1.54) is 11.3 Å². The molecule has 2 N–H and O–H groups in total. The first kappa shape index (κ1) is 9.34. The molecule has 0 aromatic heterocycles. The van der Waals surface area contributed by atoms with Crippen molar-refractivity contribution in [3.05, 3.63) is 23.8 Å². The Kier molecular flexibility index (Phi) is 2.59. The predicted octanol–water partition coefficient (Wildman–Crippen LogP) is 1.60. The van der Waals surface area contributed by atoms with Crippen LogP contribution >= 0.6 is 0 Å². The summed E-state index contributed by atoms with van der Waals surface area (Å²) in [5, 5.41) is 6.84. The zero-order valence-corrected chi connectivity index (χ0v) is 8.63. The summed E-state index contributed by atoms with van der Waals surface area (Å²) < 4.78 is 5.19. The van der Waals surface area contributed by atoms with Crippen LogP contribution in [0.3, 0.4) is 0 Å². The SMILES string of the molecule is COc1ccc2c(c1)NCC(C)NC2. The summed E-state index contributed by atoms with van der Waals surface area (Å²) in [4.78, 5) is 0. The average molecular weight is 192 g/mol. The first-order valence-electron chi connectivity index (χ1n) is 4.94.